The summed E-state index contributed by atoms with van der Waals surface area (Å²) >= 11 is 1.61. The molecule has 0 spiro atoms. The van der Waals surface area contributed by atoms with E-state index in [1.807, 2.05) is 24.3 Å². The molecule has 0 radical (unpaired) electrons. The molecule has 3 aromatic rings. The lowest BCUT2D eigenvalue weighted by Gasteiger charge is -2.23. The zero-order valence-electron chi connectivity index (χ0n) is 16.9. The van der Waals surface area contributed by atoms with Gasteiger partial charge in [-0.25, -0.2) is 4.98 Å². The molecule has 1 saturated heterocycles. The summed E-state index contributed by atoms with van der Waals surface area (Å²) in [6.07, 6.45) is 1.52. The van der Waals surface area contributed by atoms with Gasteiger partial charge in [-0.1, -0.05) is 12.1 Å². The first-order chi connectivity index (χ1) is 14.6. The van der Waals surface area contributed by atoms with Crippen LogP contribution in [-0.4, -0.2) is 42.5 Å². The molecule has 1 fully saturated rings. The predicted octanol–water partition coefficient (Wildman–Crippen LogP) is 4.01. The summed E-state index contributed by atoms with van der Waals surface area (Å²) < 4.78 is 11.6. The normalized spacial score (nSPS) is 15.9. The molecule has 0 saturated carbocycles. The Balaban J connectivity index is 1.45. The average molecular weight is 426 g/mol. The SMILES string of the molecule is COc1ccc(OC)c(NC(=O)CC(=O)N2CCCC2c2nc3ccccc3s2)c1. The Kier molecular flexibility index (Phi) is 5.85. The van der Waals surface area contributed by atoms with E-state index in [9.17, 15) is 9.59 Å². The summed E-state index contributed by atoms with van der Waals surface area (Å²) in [7, 11) is 3.07. The van der Waals surface area contributed by atoms with Crippen LogP contribution in [0.5, 0.6) is 11.5 Å². The molecule has 1 aliphatic heterocycles. The topological polar surface area (TPSA) is 80.8 Å². The zero-order chi connectivity index (χ0) is 21.1. The number of fused-ring (bicyclic) bond motifs is 1. The van der Waals surface area contributed by atoms with Gasteiger partial charge < -0.3 is 19.7 Å². The quantitative estimate of drug-likeness (QED) is 0.604. The minimum atomic E-state index is -0.387. The summed E-state index contributed by atoms with van der Waals surface area (Å²) in [5, 5.41) is 3.69. The maximum Gasteiger partial charge on any atom is 0.233 e. The van der Waals surface area contributed by atoms with Crippen LogP contribution in [0.1, 0.15) is 30.3 Å². The number of nitrogens with one attached hydrogen (secondary N) is 1. The van der Waals surface area contributed by atoms with Crippen molar-refractivity contribution >= 4 is 39.1 Å². The lowest BCUT2D eigenvalue weighted by Crippen LogP contribution is -2.33. The third-order valence-electron chi connectivity index (χ3n) is 5.16. The molecule has 0 aliphatic carbocycles. The van der Waals surface area contributed by atoms with Crippen molar-refractivity contribution in [2.45, 2.75) is 25.3 Å². The number of thiazole rings is 1. The lowest BCUT2D eigenvalue weighted by atomic mass is 10.2. The van der Waals surface area contributed by atoms with E-state index in [0.717, 1.165) is 28.1 Å². The predicted molar refractivity (Wildman–Crippen MR) is 116 cm³/mol. The van der Waals surface area contributed by atoms with Crippen molar-refractivity contribution in [2.24, 2.45) is 0 Å². The smallest absolute Gasteiger partial charge is 0.233 e. The van der Waals surface area contributed by atoms with E-state index in [2.05, 4.69) is 5.32 Å². The fourth-order valence-electron chi connectivity index (χ4n) is 3.70. The molecule has 0 bridgehead atoms. The molecule has 1 aliphatic rings. The van der Waals surface area contributed by atoms with E-state index < -0.39 is 0 Å². The molecule has 1 N–H and O–H groups in total. The third-order valence-corrected chi connectivity index (χ3v) is 6.30. The fraction of sp³-hybridized carbons (Fsp3) is 0.318. The average Bonchev–Trinajstić information content (AvgIpc) is 3.40. The van der Waals surface area contributed by atoms with E-state index in [-0.39, 0.29) is 24.3 Å². The van der Waals surface area contributed by atoms with Crippen LogP contribution in [0, 0.1) is 0 Å². The van der Waals surface area contributed by atoms with Gasteiger partial charge >= 0.3 is 0 Å². The molecule has 1 aromatic heterocycles. The van der Waals surface area contributed by atoms with Crippen LogP contribution in [0.25, 0.3) is 10.2 Å². The fourth-order valence-corrected chi connectivity index (χ4v) is 4.81. The van der Waals surface area contributed by atoms with Crippen molar-refractivity contribution in [1.82, 2.24) is 9.88 Å². The standard InChI is InChI=1S/C22H23N3O4S/c1-28-14-9-10-18(29-2)16(12-14)23-20(26)13-21(27)25-11-5-7-17(25)22-24-15-6-3-4-8-19(15)30-22/h3-4,6,8-10,12,17H,5,7,11,13H2,1-2H3,(H,23,26). The first kappa shape index (κ1) is 20.2. The third kappa shape index (κ3) is 4.09. The van der Waals surface area contributed by atoms with Crippen molar-refractivity contribution < 1.29 is 19.1 Å². The van der Waals surface area contributed by atoms with Crippen LogP contribution in [0.2, 0.25) is 0 Å². The minimum absolute atomic E-state index is 0.0749. The van der Waals surface area contributed by atoms with Gasteiger partial charge in [0.1, 0.15) is 22.9 Å². The van der Waals surface area contributed by atoms with Gasteiger partial charge in [0.25, 0.3) is 0 Å². The molecule has 2 heterocycles. The van der Waals surface area contributed by atoms with Crippen LogP contribution in [0.15, 0.2) is 42.5 Å². The Labute approximate surface area is 178 Å². The molecule has 1 atom stereocenters. The second-order valence-corrected chi connectivity index (χ2v) is 8.12. The Morgan fingerprint density at radius 1 is 1.20 bits per heavy atom. The largest absolute Gasteiger partial charge is 0.497 e. The van der Waals surface area contributed by atoms with Gasteiger partial charge in [-0.3, -0.25) is 9.59 Å². The Morgan fingerprint density at radius 3 is 2.80 bits per heavy atom. The number of carbonyl (C=O) groups excluding carboxylic acids is 2. The van der Waals surface area contributed by atoms with Crippen LogP contribution < -0.4 is 14.8 Å². The molecular weight excluding hydrogens is 402 g/mol. The molecule has 4 rings (SSSR count). The molecule has 7 nitrogen and oxygen atoms in total. The number of nitrogens with zero attached hydrogens (tertiary/aromatic N) is 2. The van der Waals surface area contributed by atoms with Gasteiger partial charge in [-0.2, -0.15) is 0 Å². The lowest BCUT2D eigenvalue weighted by molar-refractivity contribution is -0.135. The van der Waals surface area contributed by atoms with Gasteiger partial charge in [0, 0.05) is 12.6 Å². The summed E-state index contributed by atoms with van der Waals surface area (Å²) in [6, 6.07) is 13.0. The van der Waals surface area contributed by atoms with E-state index >= 15 is 0 Å². The number of hydrogen-bond donors (Lipinski definition) is 1. The Bertz CT molecular complexity index is 1050. The van der Waals surface area contributed by atoms with E-state index in [0.29, 0.717) is 23.7 Å². The number of methoxy groups -OCH3 is 2. The second kappa shape index (κ2) is 8.71. The van der Waals surface area contributed by atoms with Gasteiger partial charge in [0.05, 0.1) is 36.2 Å². The van der Waals surface area contributed by atoms with Crippen molar-refractivity contribution in [3.63, 3.8) is 0 Å². The Hall–Kier alpha value is -3.13. The number of rotatable bonds is 6. The van der Waals surface area contributed by atoms with Gasteiger partial charge in [-0.05, 0) is 37.1 Å². The highest BCUT2D eigenvalue weighted by atomic mass is 32.1. The monoisotopic (exact) mass is 425 g/mol. The Morgan fingerprint density at radius 2 is 2.03 bits per heavy atom. The summed E-state index contributed by atoms with van der Waals surface area (Å²) in [5.74, 6) is 0.510. The van der Waals surface area contributed by atoms with Crippen LogP contribution in [0.4, 0.5) is 5.69 Å². The van der Waals surface area contributed by atoms with E-state index in [4.69, 9.17) is 14.5 Å². The second-order valence-electron chi connectivity index (χ2n) is 7.06. The van der Waals surface area contributed by atoms with Crippen LogP contribution in [0.3, 0.4) is 0 Å². The van der Waals surface area contributed by atoms with Crippen molar-refractivity contribution in [1.29, 1.82) is 0 Å². The van der Waals surface area contributed by atoms with Crippen LogP contribution >= 0.6 is 11.3 Å². The molecule has 1 unspecified atom stereocenters. The minimum Gasteiger partial charge on any atom is -0.497 e. The highest BCUT2D eigenvalue weighted by Crippen LogP contribution is 2.37. The summed E-state index contributed by atoms with van der Waals surface area (Å²) in [5.41, 5.74) is 1.42. The molecule has 8 heteroatoms. The van der Waals surface area contributed by atoms with Crippen LogP contribution in [-0.2, 0) is 9.59 Å². The number of aromatic nitrogens is 1. The van der Waals surface area contributed by atoms with E-state index in [1.165, 1.54) is 7.11 Å². The molecule has 30 heavy (non-hydrogen) atoms. The van der Waals surface area contributed by atoms with Crippen molar-refractivity contribution in [3.8, 4) is 11.5 Å². The maximum atomic E-state index is 12.9. The molecule has 2 aromatic carbocycles. The number of benzene rings is 2. The number of likely N-dealkylation sites (tertiary alicyclic amines) is 1. The number of amides is 2. The number of para-hydroxylation sites is 1. The first-order valence-corrected chi connectivity index (χ1v) is 10.6. The zero-order valence-corrected chi connectivity index (χ0v) is 17.7. The molecule has 156 valence electrons. The van der Waals surface area contributed by atoms with E-state index in [1.54, 1.807) is 41.5 Å². The highest BCUT2D eigenvalue weighted by molar-refractivity contribution is 7.18. The number of ether oxygens (including phenoxy) is 2. The maximum absolute atomic E-state index is 12.9. The number of carbonyl (C=O) groups is 2. The van der Waals surface area contributed by atoms with Crippen molar-refractivity contribution in [2.75, 3.05) is 26.1 Å². The number of anilines is 1. The first-order valence-electron chi connectivity index (χ1n) is 9.76. The molecular formula is C22H23N3O4S. The molecule has 2 amide bonds. The van der Waals surface area contributed by atoms with Crippen molar-refractivity contribution in [3.05, 3.63) is 47.5 Å². The highest BCUT2D eigenvalue weighted by Gasteiger charge is 2.33. The van der Waals surface area contributed by atoms with Gasteiger partial charge in [-0.15, -0.1) is 11.3 Å². The number of hydrogen-bond acceptors (Lipinski definition) is 6. The van der Waals surface area contributed by atoms with Gasteiger partial charge in [0.15, 0.2) is 0 Å². The summed E-state index contributed by atoms with van der Waals surface area (Å²) in [4.78, 5) is 32.0. The summed E-state index contributed by atoms with van der Waals surface area (Å²) in [6.45, 7) is 0.634. The van der Waals surface area contributed by atoms with Gasteiger partial charge in [0.2, 0.25) is 11.8 Å².